The number of hydrogen-bond acceptors (Lipinski definition) is 4. The van der Waals surface area contributed by atoms with E-state index in [1.165, 1.54) is 4.90 Å². The Balaban J connectivity index is 1.96. The Morgan fingerprint density at radius 1 is 1.00 bits per heavy atom. The molecule has 0 spiro atoms. The van der Waals surface area contributed by atoms with E-state index in [0.717, 1.165) is 16.3 Å². The number of rotatable bonds is 9. The highest BCUT2D eigenvalue weighted by atomic mass is 16.6. The van der Waals surface area contributed by atoms with Crippen molar-refractivity contribution in [3.8, 4) is 0 Å². The molecule has 0 bridgehead atoms. The van der Waals surface area contributed by atoms with E-state index in [4.69, 9.17) is 4.74 Å². The third kappa shape index (κ3) is 7.44. The minimum absolute atomic E-state index is 0.289. The molecular weight excluding hydrogens is 478 g/mol. The Morgan fingerprint density at radius 3 is 2.37 bits per heavy atom. The zero-order valence-electron chi connectivity index (χ0n) is 22.8. The number of anilines is 1. The molecule has 0 saturated heterocycles. The van der Waals surface area contributed by atoms with Crippen LogP contribution >= 0.6 is 0 Å². The van der Waals surface area contributed by atoms with Crippen LogP contribution in [-0.2, 0) is 14.3 Å². The summed E-state index contributed by atoms with van der Waals surface area (Å²) in [5.41, 5.74) is 1.40. The number of amides is 3. The minimum Gasteiger partial charge on any atom is -0.444 e. The lowest BCUT2D eigenvalue weighted by Gasteiger charge is -2.36. The summed E-state index contributed by atoms with van der Waals surface area (Å²) in [6, 6.07) is 19.7. The Kier molecular flexibility index (Phi) is 9.29. The molecule has 3 aromatic rings. The molecule has 7 heteroatoms. The second-order valence-electron chi connectivity index (χ2n) is 10.2. The van der Waals surface area contributed by atoms with Crippen LogP contribution in [-0.4, -0.2) is 41.0 Å². The third-order valence-corrected chi connectivity index (χ3v) is 6.14. The second kappa shape index (κ2) is 12.4. The summed E-state index contributed by atoms with van der Waals surface area (Å²) in [6.07, 6.45) is 1.61. The van der Waals surface area contributed by atoms with Gasteiger partial charge in [-0.2, -0.15) is 0 Å². The molecule has 2 N–H and O–H groups in total. The maximum atomic E-state index is 13.9. The van der Waals surface area contributed by atoms with Gasteiger partial charge in [0.25, 0.3) is 5.91 Å². The normalized spacial score (nSPS) is 12.8. The van der Waals surface area contributed by atoms with Gasteiger partial charge in [0.05, 0.1) is 0 Å². The molecule has 3 aromatic carbocycles. The van der Waals surface area contributed by atoms with Crippen LogP contribution in [0.15, 0.2) is 73.3 Å². The lowest BCUT2D eigenvalue weighted by atomic mass is 9.99. The predicted molar refractivity (Wildman–Crippen MR) is 153 cm³/mol. The van der Waals surface area contributed by atoms with Crippen LogP contribution in [0.25, 0.3) is 16.8 Å². The Morgan fingerprint density at radius 2 is 1.71 bits per heavy atom. The minimum atomic E-state index is -0.941. The Bertz CT molecular complexity index is 1310. The van der Waals surface area contributed by atoms with Crippen molar-refractivity contribution in [1.29, 1.82) is 0 Å². The lowest BCUT2D eigenvalue weighted by Crippen LogP contribution is -2.50. The molecule has 0 heterocycles. The molecule has 0 aliphatic carbocycles. The van der Waals surface area contributed by atoms with E-state index in [-0.39, 0.29) is 18.5 Å². The van der Waals surface area contributed by atoms with Crippen LogP contribution < -0.4 is 10.6 Å². The third-order valence-electron chi connectivity index (χ3n) is 6.14. The highest BCUT2D eigenvalue weighted by Gasteiger charge is 2.34. The summed E-state index contributed by atoms with van der Waals surface area (Å²) in [5, 5.41) is 7.60. The molecule has 0 radical (unpaired) electrons. The fourth-order valence-electron chi connectivity index (χ4n) is 4.17. The van der Waals surface area contributed by atoms with Gasteiger partial charge < -0.3 is 20.3 Å². The smallest absolute Gasteiger partial charge is 0.408 e. The molecule has 3 amide bonds. The van der Waals surface area contributed by atoms with Gasteiger partial charge in [0.2, 0.25) is 5.91 Å². The van der Waals surface area contributed by atoms with Gasteiger partial charge in [-0.25, -0.2) is 4.79 Å². The van der Waals surface area contributed by atoms with E-state index in [2.05, 4.69) is 17.2 Å². The van der Waals surface area contributed by atoms with Gasteiger partial charge in [-0.3, -0.25) is 9.59 Å². The number of alkyl carbamates (subject to hydrolysis) is 1. The molecule has 200 valence electrons. The fraction of sp³-hybridized carbons (Fsp3) is 0.323. The van der Waals surface area contributed by atoms with Crippen LogP contribution in [0.2, 0.25) is 0 Å². The first-order valence-corrected chi connectivity index (χ1v) is 12.8. The zero-order chi connectivity index (χ0) is 27.9. The first-order valence-electron chi connectivity index (χ1n) is 12.8. The number of ether oxygens (including phenoxy) is 1. The molecule has 0 saturated carbocycles. The second-order valence-corrected chi connectivity index (χ2v) is 10.2. The monoisotopic (exact) mass is 515 g/mol. The summed E-state index contributed by atoms with van der Waals surface area (Å²) in [7, 11) is 0. The molecule has 0 aliphatic rings. The number of nitrogens with one attached hydrogen (secondary N) is 2. The van der Waals surface area contributed by atoms with Crippen molar-refractivity contribution in [2.45, 2.75) is 58.7 Å². The average molecular weight is 516 g/mol. The number of carbonyl (C=O) groups is 3. The first kappa shape index (κ1) is 28.4. The maximum Gasteiger partial charge on any atom is 0.408 e. The summed E-state index contributed by atoms with van der Waals surface area (Å²) < 4.78 is 5.28. The summed E-state index contributed by atoms with van der Waals surface area (Å²) in [6.45, 7) is 12.6. The molecule has 0 aromatic heterocycles. The van der Waals surface area contributed by atoms with Gasteiger partial charge in [-0.05, 0) is 74.2 Å². The molecular formula is C31H37N3O4. The van der Waals surface area contributed by atoms with E-state index in [1.54, 1.807) is 26.8 Å². The van der Waals surface area contributed by atoms with Crippen molar-refractivity contribution in [3.05, 3.63) is 84.4 Å². The van der Waals surface area contributed by atoms with Gasteiger partial charge in [-0.15, -0.1) is 0 Å². The van der Waals surface area contributed by atoms with Crippen molar-refractivity contribution in [2.75, 3.05) is 11.9 Å². The molecule has 0 aliphatic heterocycles. The fourth-order valence-corrected chi connectivity index (χ4v) is 4.17. The zero-order valence-corrected chi connectivity index (χ0v) is 22.8. The van der Waals surface area contributed by atoms with Crippen molar-refractivity contribution in [3.63, 3.8) is 0 Å². The SMILES string of the molecule is C=Cc1cccc(C(C(=O)Nc2ccc3ccccc3c2)N(C(=O)CNC(=O)OC(C)(C)C)C(C)CC)c1. The Labute approximate surface area is 224 Å². The number of hydrogen-bond donors (Lipinski definition) is 2. The molecule has 3 rings (SSSR count). The van der Waals surface area contributed by atoms with Crippen molar-refractivity contribution in [1.82, 2.24) is 10.2 Å². The lowest BCUT2D eigenvalue weighted by molar-refractivity contribution is -0.140. The van der Waals surface area contributed by atoms with E-state index in [0.29, 0.717) is 17.7 Å². The number of carbonyl (C=O) groups excluding carboxylic acids is 3. The van der Waals surface area contributed by atoms with Crippen molar-refractivity contribution >= 4 is 40.4 Å². The van der Waals surface area contributed by atoms with Gasteiger partial charge >= 0.3 is 6.09 Å². The molecule has 0 fully saturated rings. The van der Waals surface area contributed by atoms with Crippen molar-refractivity contribution in [2.24, 2.45) is 0 Å². The molecule has 7 nitrogen and oxygen atoms in total. The summed E-state index contributed by atoms with van der Waals surface area (Å²) >= 11 is 0. The number of nitrogens with zero attached hydrogens (tertiary/aromatic N) is 1. The largest absolute Gasteiger partial charge is 0.444 e. The number of benzene rings is 3. The van der Waals surface area contributed by atoms with Crippen LogP contribution in [0, 0.1) is 0 Å². The number of fused-ring (bicyclic) bond motifs is 1. The average Bonchev–Trinajstić information content (AvgIpc) is 2.88. The van der Waals surface area contributed by atoms with Crippen LogP contribution in [0.1, 0.15) is 58.2 Å². The topological polar surface area (TPSA) is 87.7 Å². The van der Waals surface area contributed by atoms with Gasteiger partial charge in [0.15, 0.2) is 0 Å². The van der Waals surface area contributed by atoms with Gasteiger partial charge in [0, 0.05) is 11.7 Å². The maximum absolute atomic E-state index is 13.9. The highest BCUT2D eigenvalue weighted by Crippen LogP contribution is 2.28. The highest BCUT2D eigenvalue weighted by molar-refractivity contribution is 6.00. The van der Waals surface area contributed by atoms with Gasteiger partial charge in [-0.1, -0.05) is 68.1 Å². The van der Waals surface area contributed by atoms with Gasteiger partial charge in [0.1, 0.15) is 18.2 Å². The summed E-state index contributed by atoms with van der Waals surface area (Å²) in [4.78, 5) is 41.2. The van der Waals surface area contributed by atoms with Crippen LogP contribution in [0.5, 0.6) is 0 Å². The van der Waals surface area contributed by atoms with E-state index in [9.17, 15) is 14.4 Å². The predicted octanol–water partition coefficient (Wildman–Crippen LogP) is 6.31. The standard InChI is InChI=1S/C31H37N3O4/c1-7-21(3)34(27(35)20-32-30(37)38-31(4,5)6)28(25-15-11-12-22(8-2)18-25)29(36)33-26-17-16-23-13-9-10-14-24(23)19-26/h8-19,21,28H,2,7,20H2,1,3-6H3,(H,32,37)(H,33,36). The van der Waals surface area contributed by atoms with E-state index < -0.39 is 23.6 Å². The van der Waals surface area contributed by atoms with E-state index in [1.807, 2.05) is 80.6 Å². The van der Waals surface area contributed by atoms with Crippen molar-refractivity contribution < 1.29 is 19.1 Å². The Hall–Kier alpha value is -4.13. The van der Waals surface area contributed by atoms with E-state index >= 15 is 0 Å². The molecule has 2 unspecified atom stereocenters. The molecule has 38 heavy (non-hydrogen) atoms. The van der Waals surface area contributed by atoms with Crippen LogP contribution in [0.4, 0.5) is 10.5 Å². The quantitative estimate of drug-likeness (QED) is 0.349. The summed E-state index contributed by atoms with van der Waals surface area (Å²) in [5.74, 6) is -0.750. The first-order chi connectivity index (χ1) is 18.0. The molecule has 2 atom stereocenters. The van der Waals surface area contributed by atoms with Crippen LogP contribution in [0.3, 0.4) is 0 Å².